The van der Waals surface area contributed by atoms with Gasteiger partial charge in [0.15, 0.2) is 0 Å². The van der Waals surface area contributed by atoms with E-state index in [0.717, 1.165) is 6.42 Å². The van der Waals surface area contributed by atoms with Gasteiger partial charge in [-0.2, -0.15) is 0 Å². The van der Waals surface area contributed by atoms with Gasteiger partial charge >= 0.3 is 5.97 Å². The van der Waals surface area contributed by atoms with Crippen LogP contribution in [-0.4, -0.2) is 41.0 Å². The maximum absolute atomic E-state index is 12.1. The molecule has 1 heterocycles. The molecule has 2 atom stereocenters. The Morgan fingerprint density at radius 2 is 2.00 bits per heavy atom. The molecular weight excluding hydrogens is 220 g/mol. The molecule has 5 nitrogen and oxygen atoms in total. The normalized spacial score (nSPS) is 23.3. The molecule has 3 N–H and O–H groups in total. The summed E-state index contributed by atoms with van der Waals surface area (Å²) < 4.78 is 0. The van der Waals surface area contributed by atoms with Gasteiger partial charge in [-0.15, -0.1) is 0 Å². The topological polar surface area (TPSA) is 83.6 Å². The van der Waals surface area contributed by atoms with Gasteiger partial charge in [-0.3, -0.25) is 9.59 Å². The van der Waals surface area contributed by atoms with Crippen LogP contribution < -0.4 is 5.73 Å². The second-order valence-electron chi connectivity index (χ2n) is 5.81. The van der Waals surface area contributed by atoms with Crippen molar-refractivity contribution in [2.24, 2.45) is 17.1 Å². The molecule has 0 aromatic carbocycles. The Bertz CT molecular complexity index is 309. The van der Waals surface area contributed by atoms with Gasteiger partial charge in [0.05, 0.1) is 12.0 Å². The highest BCUT2D eigenvalue weighted by Crippen LogP contribution is 2.22. The van der Waals surface area contributed by atoms with E-state index in [9.17, 15) is 9.59 Å². The van der Waals surface area contributed by atoms with Crippen molar-refractivity contribution in [3.8, 4) is 0 Å². The molecule has 0 saturated carbocycles. The zero-order chi connectivity index (χ0) is 13.2. The first kappa shape index (κ1) is 14.0. The summed E-state index contributed by atoms with van der Waals surface area (Å²) in [4.78, 5) is 24.6. The third kappa shape index (κ3) is 3.43. The lowest BCUT2D eigenvalue weighted by atomic mass is 9.86. The molecule has 0 spiro atoms. The number of piperidine rings is 1. The third-order valence-electron chi connectivity index (χ3n) is 3.28. The van der Waals surface area contributed by atoms with Crippen molar-refractivity contribution in [2.75, 3.05) is 13.1 Å². The highest BCUT2D eigenvalue weighted by atomic mass is 16.4. The largest absolute Gasteiger partial charge is 0.481 e. The molecule has 0 radical (unpaired) electrons. The van der Waals surface area contributed by atoms with Crippen LogP contribution in [0.5, 0.6) is 0 Å². The Morgan fingerprint density at radius 1 is 1.41 bits per heavy atom. The number of carbonyl (C=O) groups excluding carboxylic acids is 1. The average Bonchev–Trinajstić information content (AvgIpc) is 2.26. The predicted octanol–water partition coefficient (Wildman–Crippen LogP) is 0.683. The number of hydrogen-bond acceptors (Lipinski definition) is 3. The van der Waals surface area contributed by atoms with Crippen LogP contribution in [0.4, 0.5) is 0 Å². The lowest BCUT2D eigenvalue weighted by Gasteiger charge is -2.36. The molecule has 1 aliphatic rings. The van der Waals surface area contributed by atoms with Gasteiger partial charge in [0.25, 0.3) is 0 Å². The monoisotopic (exact) mass is 242 g/mol. The number of carboxylic acids is 1. The number of nitrogens with two attached hydrogens (primary N) is 1. The van der Waals surface area contributed by atoms with Crippen LogP contribution in [0.25, 0.3) is 0 Å². The Kier molecular flexibility index (Phi) is 4.14. The number of carboxylic acid groups (broad SMARTS) is 1. The zero-order valence-corrected chi connectivity index (χ0v) is 10.8. The van der Waals surface area contributed by atoms with Crippen LogP contribution in [0.3, 0.4) is 0 Å². The van der Waals surface area contributed by atoms with Crippen LogP contribution in [-0.2, 0) is 9.59 Å². The minimum absolute atomic E-state index is 0.136. The summed E-state index contributed by atoms with van der Waals surface area (Å²) in [5.74, 6) is -1.41. The first-order valence-corrected chi connectivity index (χ1v) is 6.00. The molecule has 0 aliphatic carbocycles. The summed E-state index contributed by atoms with van der Waals surface area (Å²) >= 11 is 0. The lowest BCUT2D eigenvalue weighted by molar-refractivity contribution is -0.146. The van der Waals surface area contributed by atoms with Crippen molar-refractivity contribution in [2.45, 2.75) is 39.7 Å². The van der Waals surface area contributed by atoms with Crippen molar-refractivity contribution < 1.29 is 14.7 Å². The number of rotatable bonds is 2. The van der Waals surface area contributed by atoms with E-state index in [1.165, 1.54) is 0 Å². The van der Waals surface area contributed by atoms with E-state index in [4.69, 9.17) is 10.8 Å². The van der Waals surface area contributed by atoms with Gasteiger partial charge in [0.2, 0.25) is 5.91 Å². The van der Waals surface area contributed by atoms with E-state index in [-0.39, 0.29) is 17.9 Å². The second kappa shape index (κ2) is 5.04. The van der Waals surface area contributed by atoms with E-state index in [1.54, 1.807) is 4.90 Å². The number of carbonyl (C=O) groups is 2. The van der Waals surface area contributed by atoms with Gasteiger partial charge in [0, 0.05) is 13.1 Å². The Balaban J connectivity index is 2.67. The minimum Gasteiger partial charge on any atom is -0.481 e. The fourth-order valence-corrected chi connectivity index (χ4v) is 1.95. The number of nitrogens with zero attached hydrogens (tertiary/aromatic N) is 1. The van der Waals surface area contributed by atoms with Gasteiger partial charge in [0.1, 0.15) is 0 Å². The Hall–Kier alpha value is -1.10. The van der Waals surface area contributed by atoms with E-state index < -0.39 is 17.9 Å². The lowest BCUT2D eigenvalue weighted by Crippen LogP contribution is -2.53. The molecule has 1 saturated heterocycles. The Labute approximate surface area is 102 Å². The van der Waals surface area contributed by atoms with Gasteiger partial charge < -0.3 is 15.7 Å². The number of aliphatic carboxylic acids is 1. The molecule has 0 aromatic heterocycles. The number of amides is 1. The molecule has 1 unspecified atom stereocenters. The molecule has 0 aromatic rings. The fourth-order valence-electron chi connectivity index (χ4n) is 1.95. The van der Waals surface area contributed by atoms with Crippen LogP contribution in [0.2, 0.25) is 0 Å². The predicted molar refractivity (Wildman–Crippen MR) is 64.4 cm³/mol. The summed E-state index contributed by atoms with van der Waals surface area (Å²) in [6.45, 7) is 6.64. The van der Waals surface area contributed by atoms with Crippen LogP contribution in [0, 0.1) is 11.3 Å². The maximum atomic E-state index is 12.1. The quantitative estimate of drug-likeness (QED) is 0.746. The molecule has 0 bridgehead atoms. The van der Waals surface area contributed by atoms with Crippen molar-refractivity contribution in [3.63, 3.8) is 0 Å². The first-order valence-electron chi connectivity index (χ1n) is 6.00. The molecule has 17 heavy (non-hydrogen) atoms. The average molecular weight is 242 g/mol. The third-order valence-corrected chi connectivity index (χ3v) is 3.28. The Morgan fingerprint density at radius 3 is 2.47 bits per heavy atom. The molecule has 98 valence electrons. The van der Waals surface area contributed by atoms with Gasteiger partial charge in [-0.1, -0.05) is 20.8 Å². The minimum atomic E-state index is -0.827. The number of hydrogen-bond donors (Lipinski definition) is 2. The summed E-state index contributed by atoms with van der Waals surface area (Å²) in [6.07, 6.45) is 1.38. The smallest absolute Gasteiger partial charge is 0.308 e. The van der Waals surface area contributed by atoms with Crippen LogP contribution in [0.15, 0.2) is 0 Å². The first-order chi connectivity index (χ1) is 7.73. The van der Waals surface area contributed by atoms with Crippen LogP contribution >= 0.6 is 0 Å². The fraction of sp³-hybridized carbons (Fsp3) is 0.833. The molecule has 1 fully saturated rings. The van der Waals surface area contributed by atoms with Crippen molar-refractivity contribution in [3.05, 3.63) is 0 Å². The van der Waals surface area contributed by atoms with Crippen molar-refractivity contribution >= 4 is 11.9 Å². The van der Waals surface area contributed by atoms with Gasteiger partial charge in [-0.05, 0) is 18.3 Å². The standard InChI is InChI=1S/C12H22N2O3/c1-12(2,3)9(13)10(15)14-6-4-5-8(7-14)11(16)17/h8-9H,4-7,13H2,1-3H3,(H,16,17)/t8?,9-/m0/s1. The molecule has 1 rings (SSSR count). The molecule has 1 amide bonds. The van der Waals surface area contributed by atoms with E-state index in [2.05, 4.69) is 0 Å². The number of likely N-dealkylation sites (tertiary alicyclic amines) is 1. The SMILES string of the molecule is CC(C)(C)[C@@H](N)C(=O)N1CCCC(C(=O)O)C1. The summed E-state index contributed by atoms with van der Waals surface area (Å²) in [5.41, 5.74) is 5.61. The second-order valence-corrected chi connectivity index (χ2v) is 5.81. The van der Waals surface area contributed by atoms with E-state index in [1.807, 2.05) is 20.8 Å². The van der Waals surface area contributed by atoms with E-state index >= 15 is 0 Å². The summed E-state index contributed by atoms with van der Waals surface area (Å²) in [5, 5.41) is 8.97. The highest BCUT2D eigenvalue weighted by Gasteiger charge is 2.34. The zero-order valence-electron chi connectivity index (χ0n) is 10.8. The van der Waals surface area contributed by atoms with Crippen LogP contribution in [0.1, 0.15) is 33.6 Å². The summed E-state index contributed by atoms with van der Waals surface area (Å²) in [6, 6.07) is -0.574. The highest BCUT2D eigenvalue weighted by molar-refractivity contribution is 5.83. The van der Waals surface area contributed by atoms with Crippen molar-refractivity contribution in [1.82, 2.24) is 4.90 Å². The molecule has 1 aliphatic heterocycles. The van der Waals surface area contributed by atoms with Crippen molar-refractivity contribution in [1.29, 1.82) is 0 Å². The van der Waals surface area contributed by atoms with Gasteiger partial charge in [-0.25, -0.2) is 0 Å². The summed E-state index contributed by atoms with van der Waals surface area (Å²) in [7, 11) is 0. The maximum Gasteiger partial charge on any atom is 0.308 e. The molecular formula is C12H22N2O3. The molecule has 5 heteroatoms. The van der Waals surface area contributed by atoms with E-state index in [0.29, 0.717) is 13.0 Å².